The van der Waals surface area contributed by atoms with E-state index >= 15 is 0 Å². The number of nitrogens with zero attached hydrogens (tertiary/aromatic N) is 1. The first-order valence-corrected chi connectivity index (χ1v) is 10.9. The third-order valence-electron chi connectivity index (χ3n) is 5.46. The second kappa shape index (κ2) is 12.3. The molecule has 0 aromatic heterocycles. The highest BCUT2D eigenvalue weighted by molar-refractivity contribution is 6.31. The van der Waals surface area contributed by atoms with Gasteiger partial charge in [-0.15, -0.1) is 12.4 Å². The van der Waals surface area contributed by atoms with Crippen LogP contribution in [0.1, 0.15) is 28.4 Å². The first-order valence-electron chi connectivity index (χ1n) is 10.5. The van der Waals surface area contributed by atoms with Crippen molar-refractivity contribution >= 4 is 47.3 Å². The summed E-state index contributed by atoms with van der Waals surface area (Å²) in [4.78, 5) is 40.0. The van der Waals surface area contributed by atoms with E-state index in [9.17, 15) is 14.4 Å². The molecule has 0 fully saturated rings. The number of likely N-dealkylation sites (N-methyl/N-ethyl adjacent to an activating group) is 1. The van der Waals surface area contributed by atoms with Crippen molar-refractivity contribution in [1.82, 2.24) is 5.32 Å². The number of imide groups is 1. The Morgan fingerprint density at radius 3 is 2.15 bits per heavy atom. The topological polar surface area (TPSA) is 92.5 Å². The number of hydrogen-bond acceptors (Lipinski definition) is 5. The smallest absolute Gasteiger partial charge is 0.248 e. The number of carbonyl (C=O) groups is 3. The molecule has 3 rings (SSSR count). The molecular weight excluding hydrogens is 473 g/mol. The minimum Gasteiger partial charge on any atom is -0.362 e. The van der Waals surface area contributed by atoms with Crippen LogP contribution in [0.2, 0.25) is 5.02 Å². The van der Waals surface area contributed by atoms with Gasteiger partial charge in [0.05, 0.1) is 6.04 Å². The van der Waals surface area contributed by atoms with E-state index in [0.29, 0.717) is 28.3 Å². The maximum absolute atomic E-state index is 13.1. The second-order valence-corrected chi connectivity index (χ2v) is 8.23. The fourth-order valence-corrected chi connectivity index (χ4v) is 3.58. The molecule has 0 heterocycles. The molecule has 0 aliphatic rings. The van der Waals surface area contributed by atoms with Crippen molar-refractivity contribution in [1.29, 1.82) is 0 Å². The van der Waals surface area contributed by atoms with Gasteiger partial charge in [-0.1, -0.05) is 72.3 Å². The zero-order valence-electron chi connectivity index (χ0n) is 18.9. The van der Waals surface area contributed by atoms with Crippen molar-refractivity contribution in [3.05, 3.63) is 101 Å². The molecule has 3 aromatic carbocycles. The van der Waals surface area contributed by atoms with E-state index in [-0.39, 0.29) is 18.2 Å². The van der Waals surface area contributed by atoms with Gasteiger partial charge in [-0.25, -0.2) is 0 Å². The number of benzene rings is 3. The Labute approximate surface area is 210 Å². The second-order valence-electron chi connectivity index (χ2n) is 7.79. The van der Waals surface area contributed by atoms with E-state index in [2.05, 4.69) is 5.32 Å². The summed E-state index contributed by atoms with van der Waals surface area (Å²) >= 11 is 6.16. The standard InChI is InChI=1S/C26H26ClN3O3.ClH/c1-17(25(32)29-26(33)22(28)15-18-9-5-3-6-10-18)30(2)23-14-13-20(27)16-21(23)24(31)19-11-7-4-8-12-19;/h3-14,16-17,22H,15,28H2,1-2H3,(H,29,32,33);1H/t17-,22-;/m0./s1. The van der Waals surface area contributed by atoms with Gasteiger partial charge in [0.1, 0.15) is 6.04 Å². The number of nitrogens with one attached hydrogen (secondary N) is 1. The van der Waals surface area contributed by atoms with Crippen molar-refractivity contribution in [2.45, 2.75) is 25.4 Å². The van der Waals surface area contributed by atoms with Crippen molar-refractivity contribution < 1.29 is 14.4 Å². The van der Waals surface area contributed by atoms with Crippen molar-refractivity contribution in [2.24, 2.45) is 5.73 Å². The lowest BCUT2D eigenvalue weighted by Gasteiger charge is -2.28. The highest BCUT2D eigenvalue weighted by atomic mass is 35.5. The van der Waals surface area contributed by atoms with Crippen LogP contribution in [0.3, 0.4) is 0 Å². The van der Waals surface area contributed by atoms with Gasteiger partial charge in [0.15, 0.2) is 5.78 Å². The maximum Gasteiger partial charge on any atom is 0.248 e. The molecule has 0 radical (unpaired) electrons. The van der Waals surface area contributed by atoms with Crippen molar-refractivity contribution in [3.8, 4) is 0 Å². The van der Waals surface area contributed by atoms with Gasteiger partial charge < -0.3 is 10.6 Å². The molecule has 0 aliphatic heterocycles. The normalized spacial score (nSPS) is 12.1. The van der Waals surface area contributed by atoms with Gasteiger partial charge in [-0.2, -0.15) is 0 Å². The summed E-state index contributed by atoms with van der Waals surface area (Å²) in [6.45, 7) is 1.65. The fraction of sp³-hybridized carbons (Fsp3) is 0.192. The van der Waals surface area contributed by atoms with Crippen LogP contribution in [0.25, 0.3) is 0 Å². The molecule has 0 saturated heterocycles. The summed E-state index contributed by atoms with van der Waals surface area (Å²) in [6, 6.07) is 21.5. The molecule has 0 aliphatic carbocycles. The van der Waals surface area contributed by atoms with Crippen LogP contribution in [0.15, 0.2) is 78.9 Å². The number of amides is 2. The number of hydrogen-bond donors (Lipinski definition) is 2. The maximum atomic E-state index is 13.1. The highest BCUT2D eigenvalue weighted by Gasteiger charge is 2.26. The summed E-state index contributed by atoms with van der Waals surface area (Å²) in [5.74, 6) is -1.28. The van der Waals surface area contributed by atoms with E-state index in [1.54, 1.807) is 61.3 Å². The Kier molecular flexibility index (Phi) is 9.81. The third-order valence-corrected chi connectivity index (χ3v) is 5.70. The van der Waals surface area contributed by atoms with Gasteiger partial charge in [0, 0.05) is 28.9 Å². The Morgan fingerprint density at radius 2 is 1.53 bits per heavy atom. The van der Waals surface area contributed by atoms with Gasteiger partial charge in [0.25, 0.3) is 0 Å². The van der Waals surface area contributed by atoms with E-state index in [1.165, 1.54) is 0 Å². The van der Waals surface area contributed by atoms with Crippen LogP contribution in [0, 0.1) is 0 Å². The molecular formula is C26H27Cl2N3O3. The van der Waals surface area contributed by atoms with Crippen LogP contribution >= 0.6 is 24.0 Å². The number of carbonyl (C=O) groups excluding carboxylic acids is 3. The van der Waals surface area contributed by atoms with Crippen LogP contribution in [0.4, 0.5) is 5.69 Å². The Hall–Kier alpha value is -3.19. The molecule has 0 spiro atoms. The lowest BCUT2D eigenvalue weighted by atomic mass is 10.0. The number of rotatable bonds is 8. The molecule has 178 valence electrons. The van der Waals surface area contributed by atoms with Gasteiger partial charge in [-0.3, -0.25) is 19.7 Å². The number of ketones is 1. The van der Waals surface area contributed by atoms with Gasteiger partial charge in [-0.05, 0) is 37.1 Å². The molecule has 3 N–H and O–H groups in total. The monoisotopic (exact) mass is 499 g/mol. The van der Waals surface area contributed by atoms with Gasteiger partial charge >= 0.3 is 0 Å². The minimum atomic E-state index is -0.861. The van der Waals surface area contributed by atoms with E-state index in [4.69, 9.17) is 17.3 Å². The molecule has 2 atom stereocenters. The summed E-state index contributed by atoms with van der Waals surface area (Å²) in [5, 5.41) is 2.79. The lowest BCUT2D eigenvalue weighted by molar-refractivity contribution is -0.131. The molecule has 0 bridgehead atoms. The van der Waals surface area contributed by atoms with E-state index in [0.717, 1.165) is 5.56 Å². The Balaban J connectivity index is 0.00000408. The van der Waals surface area contributed by atoms with Gasteiger partial charge in [0.2, 0.25) is 11.8 Å². The van der Waals surface area contributed by atoms with Crippen molar-refractivity contribution in [2.75, 3.05) is 11.9 Å². The Bertz CT molecular complexity index is 1140. The van der Waals surface area contributed by atoms with E-state index in [1.807, 2.05) is 36.4 Å². The van der Waals surface area contributed by atoms with Crippen LogP contribution in [0.5, 0.6) is 0 Å². The number of anilines is 1. The molecule has 34 heavy (non-hydrogen) atoms. The SMILES string of the molecule is C[C@@H](C(=O)NC(=O)[C@@H](N)Cc1ccccc1)N(C)c1ccc(Cl)cc1C(=O)c1ccccc1.Cl. The zero-order chi connectivity index (χ0) is 24.0. The highest BCUT2D eigenvalue weighted by Crippen LogP contribution is 2.27. The largest absolute Gasteiger partial charge is 0.362 e. The van der Waals surface area contributed by atoms with Crippen molar-refractivity contribution in [3.63, 3.8) is 0 Å². The summed E-state index contributed by atoms with van der Waals surface area (Å²) in [6.07, 6.45) is 0.317. The molecule has 3 aromatic rings. The minimum absolute atomic E-state index is 0. The van der Waals surface area contributed by atoms with Crippen LogP contribution in [-0.4, -0.2) is 36.7 Å². The average molecular weight is 500 g/mol. The average Bonchev–Trinajstić information content (AvgIpc) is 2.83. The molecule has 2 amide bonds. The quantitative estimate of drug-likeness (QED) is 0.456. The van der Waals surface area contributed by atoms with Crippen LogP contribution in [-0.2, 0) is 16.0 Å². The number of nitrogens with two attached hydrogens (primary N) is 1. The third kappa shape index (κ3) is 6.67. The summed E-state index contributed by atoms with van der Waals surface area (Å²) in [7, 11) is 1.68. The lowest BCUT2D eigenvalue weighted by Crippen LogP contribution is -2.51. The molecule has 0 unspecified atom stereocenters. The van der Waals surface area contributed by atoms with E-state index < -0.39 is 23.9 Å². The molecule has 0 saturated carbocycles. The first-order chi connectivity index (χ1) is 15.8. The zero-order valence-corrected chi connectivity index (χ0v) is 20.5. The summed E-state index contributed by atoms with van der Waals surface area (Å²) < 4.78 is 0. The molecule has 8 heteroatoms. The Morgan fingerprint density at radius 1 is 0.941 bits per heavy atom. The van der Waals surface area contributed by atoms with Crippen LogP contribution < -0.4 is 16.0 Å². The number of halogens is 2. The summed E-state index contributed by atoms with van der Waals surface area (Å²) in [5.41, 5.74) is 8.29. The first kappa shape index (κ1) is 27.1. The molecule has 6 nitrogen and oxygen atoms in total. The predicted octanol–water partition coefficient (Wildman–Crippen LogP) is 4.03. The predicted molar refractivity (Wildman–Crippen MR) is 138 cm³/mol. The fourth-order valence-electron chi connectivity index (χ4n) is 3.41.